The van der Waals surface area contributed by atoms with Crippen LogP contribution in [0.1, 0.15) is 74.0 Å². The van der Waals surface area contributed by atoms with E-state index < -0.39 is 5.97 Å². The summed E-state index contributed by atoms with van der Waals surface area (Å²) in [6.07, 6.45) is 9.42. The van der Waals surface area contributed by atoms with Crippen molar-refractivity contribution in [2.24, 2.45) is 11.3 Å². The van der Waals surface area contributed by atoms with Crippen molar-refractivity contribution in [2.45, 2.75) is 69.1 Å². The molecule has 2 aromatic carbocycles. The van der Waals surface area contributed by atoms with Gasteiger partial charge in [0.25, 0.3) is 0 Å². The second-order valence-electron chi connectivity index (χ2n) is 11.1. The minimum atomic E-state index is -0.705. The number of aliphatic carboxylic acids is 1. The van der Waals surface area contributed by atoms with Gasteiger partial charge in [0.05, 0.1) is 17.9 Å². The minimum absolute atomic E-state index is 0.218. The van der Waals surface area contributed by atoms with Crippen LogP contribution in [0.5, 0.6) is 0 Å². The molecule has 1 heterocycles. The van der Waals surface area contributed by atoms with Crippen LogP contribution in [0.2, 0.25) is 0 Å². The van der Waals surface area contributed by atoms with Crippen molar-refractivity contribution in [3.63, 3.8) is 0 Å². The van der Waals surface area contributed by atoms with Gasteiger partial charge < -0.3 is 10.0 Å². The maximum absolute atomic E-state index is 11.0. The molecule has 0 spiro atoms. The Balaban J connectivity index is 1.24. The van der Waals surface area contributed by atoms with Crippen LogP contribution >= 0.6 is 0 Å². The summed E-state index contributed by atoms with van der Waals surface area (Å²) < 4.78 is 0. The number of carbonyl (C=O) groups is 1. The lowest BCUT2D eigenvalue weighted by atomic mass is 9.70. The summed E-state index contributed by atoms with van der Waals surface area (Å²) in [4.78, 5) is 13.4. The molecule has 1 saturated heterocycles. The van der Waals surface area contributed by atoms with E-state index in [0.717, 1.165) is 57.0 Å². The van der Waals surface area contributed by atoms with E-state index in [9.17, 15) is 10.1 Å². The molecule has 0 bridgehead atoms. The predicted molar refractivity (Wildman–Crippen MR) is 134 cm³/mol. The van der Waals surface area contributed by atoms with Crippen molar-refractivity contribution < 1.29 is 9.90 Å². The van der Waals surface area contributed by atoms with Crippen molar-refractivity contribution in [3.8, 4) is 6.07 Å². The molecule has 0 amide bonds. The Labute approximate surface area is 203 Å². The van der Waals surface area contributed by atoms with Gasteiger partial charge in [0.2, 0.25) is 0 Å². The van der Waals surface area contributed by atoms with E-state index in [4.69, 9.17) is 5.11 Å². The maximum atomic E-state index is 11.0. The SMILES string of the molecule is N#CC1(c2ccc(CC3(CC[C@@H]4CC4c4ccccc4)CCN(CCC(=O)O)CC3)cc2)CC1. The number of hydrogen-bond donors (Lipinski definition) is 1. The van der Waals surface area contributed by atoms with E-state index >= 15 is 0 Å². The molecule has 3 aliphatic rings. The van der Waals surface area contributed by atoms with Gasteiger partial charge >= 0.3 is 5.97 Å². The first-order valence-corrected chi connectivity index (χ1v) is 13.0. The maximum Gasteiger partial charge on any atom is 0.304 e. The monoisotopic (exact) mass is 456 g/mol. The minimum Gasteiger partial charge on any atom is -0.481 e. The zero-order chi connectivity index (χ0) is 23.6. The number of benzene rings is 2. The van der Waals surface area contributed by atoms with Gasteiger partial charge in [0, 0.05) is 6.54 Å². The fourth-order valence-corrected chi connectivity index (χ4v) is 6.15. The highest BCUT2D eigenvalue weighted by Crippen LogP contribution is 2.53. The van der Waals surface area contributed by atoms with E-state index in [2.05, 4.69) is 65.6 Å². The largest absolute Gasteiger partial charge is 0.481 e. The van der Waals surface area contributed by atoms with Gasteiger partial charge in [0.1, 0.15) is 0 Å². The van der Waals surface area contributed by atoms with Crippen molar-refractivity contribution in [3.05, 3.63) is 71.3 Å². The van der Waals surface area contributed by atoms with Gasteiger partial charge in [-0.1, -0.05) is 54.6 Å². The quantitative estimate of drug-likeness (QED) is 0.482. The first kappa shape index (κ1) is 23.1. The molecule has 0 radical (unpaired) electrons. The van der Waals surface area contributed by atoms with Gasteiger partial charge in [-0.15, -0.1) is 0 Å². The molecule has 1 N–H and O–H groups in total. The van der Waals surface area contributed by atoms with Crippen LogP contribution in [0, 0.1) is 22.7 Å². The summed E-state index contributed by atoms with van der Waals surface area (Å²) in [6, 6.07) is 22.4. The molecule has 0 aromatic heterocycles. The third kappa shape index (κ3) is 5.20. The summed E-state index contributed by atoms with van der Waals surface area (Å²) in [5.74, 6) is 0.828. The highest BCUT2D eigenvalue weighted by atomic mass is 16.4. The summed E-state index contributed by atoms with van der Waals surface area (Å²) in [5.41, 5.74) is 4.13. The third-order valence-electron chi connectivity index (χ3n) is 8.80. The predicted octanol–water partition coefficient (Wildman–Crippen LogP) is 5.93. The molecular formula is C30H36N2O2. The van der Waals surface area contributed by atoms with Crippen molar-refractivity contribution in [1.82, 2.24) is 4.90 Å². The molecule has 34 heavy (non-hydrogen) atoms. The molecule has 3 fully saturated rings. The number of likely N-dealkylation sites (tertiary alicyclic amines) is 1. The number of piperidine rings is 1. The molecule has 178 valence electrons. The second-order valence-corrected chi connectivity index (χ2v) is 11.1. The fraction of sp³-hybridized carbons (Fsp3) is 0.533. The molecule has 2 aliphatic carbocycles. The average molecular weight is 457 g/mol. The van der Waals surface area contributed by atoms with Crippen LogP contribution in [-0.2, 0) is 16.6 Å². The average Bonchev–Trinajstić information content (AvgIpc) is 3.79. The van der Waals surface area contributed by atoms with Gasteiger partial charge in [0.15, 0.2) is 0 Å². The molecule has 1 unspecified atom stereocenters. The molecule has 2 aromatic rings. The normalized spacial score (nSPS) is 24.8. The standard InChI is InChI=1S/C30H36N2O2/c31-22-30(13-14-30)26-8-6-23(7-9-26)21-29(15-18-32(19-16-29)17-11-28(33)34)12-10-25-20-27(25)24-4-2-1-3-5-24/h1-9,25,27H,10-21H2,(H,33,34)/t25-,27?/m1/s1. The highest BCUT2D eigenvalue weighted by Gasteiger charge is 2.45. The van der Waals surface area contributed by atoms with Gasteiger partial charge in [-0.25, -0.2) is 0 Å². The number of nitriles is 1. The Bertz CT molecular complexity index is 1030. The molecule has 5 rings (SSSR count). The number of carboxylic acid groups (broad SMARTS) is 1. The smallest absolute Gasteiger partial charge is 0.304 e. The summed E-state index contributed by atoms with van der Waals surface area (Å²) >= 11 is 0. The van der Waals surface area contributed by atoms with E-state index in [1.54, 1.807) is 0 Å². The molecule has 4 nitrogen and oxygen atoms in total. The van der Waals surface area contributed by atoms with Gasteiger partial charge in [-0.05, 0) is 98.4 Å². The van der Waals surface area contributed by atoms with Gasteiger partial charge in [-0.2, -0.15) is 5.26 Å². The van der Waals surface area contributed by atoms with E-state index in [1.807, 2.05) is 0 Å². The lowest BCUT2D eigenvalue weighted by molar-refractivity contribution is -0.137. The summed E-state index contributed by atoms with van der Waals surface area (Å²) in [7, 11) is 0. The lowest BCUT2D eigenvalue weighted by Crippen LogP contribution is -2.42. The van der Waals surface area contributed by atoms with Crippen molar-refractivity contribution in [1.29, 1.82) is 5.26 Å². The topological polar surface area (TPSA) is 64.3 Å². The van der Waals surface area contributed by atoms with E-state index in [0.29, 0.717) is 6.54 Å². The Morgan fingerprint density at radius 1 is 1.03 bits per heavy atom. The number of hydrogen-bond acceptors (Lipinski definition) is 3. The zero-order valence-corrected chi connectivity index (χ0v) is 20.1. The first-order valence-electron chi connectivity index (χ1n) is 13.0. The van der Waals surface area contributed by atoms with Crippen LogP contribution in [0.4, 0.5) is 0 Å². The van der Waals surface area contributed by atoms with Gasteiger partial charge in [-0.3, -0.25) is 4.79 Å². The number of carboxylic acids is 1. The Kier molecular flexibility index (Phi) is 6.49. The van der Waals surface area contributed by atoms with E-state index in [-0.39, 0.29) is 17.3 Å². The van der Waals surface area contributed by atoms with Crippen LogP contribution in [0.15, 0.2) is 54.6 Å². The van der Waals surface area contributed by atoms with Crippen LogP contribution < -0.4 is 0 Å². The Hall–Kier alpha value is -2.64. The molecule has 1 aliphatic heterocycles. The number of nitrogens with zero attached hydrogens (tertiary/aromatic N) is 2. The van der Waals surface area contributed by atoms with Crippen molar-refractivity contribution in [2.75, 3.05) is 19.6 Å². The summed E-state index contributed by atoms with van der Waals surface area (Å²) in [5, 5.41) is 18.6. The fourth-order valence-electron chi connectivity index (χ4n) is 6.15. The van der Waals surface area contributed by atoms with Crippen LogP contribution in [-0.4, -0.2) is 35.6 Å². The Morgan fingerprint density at radius 3 is 2.35 bits per heavy atom. The first-order chi connectivity index (χ1) is 16.5. The highest BCUT2D eigenvalue weighted by molar-refractivity contribution is 5.66. The lowest BCUT2D eigenvalue weighted by Gasteiger charge is -2.42. The molecular weight excluding hydrogens is 420 g/mol. The molecule has 2 atom stereocenters. The third-order valence-corrected chi connectivity index (χ3v) is 8.80. The molecule has 2 saturated carbocycles. The van der Waals surface area contributed by atoms with Crippen LogP contribution in [0.25, 0.3) is 0 Å². The summed E-state index contributed by atoms with van der Waals surface area (Å²) in [6.45, 7) is 2.65. The van der Waals surface area contributed by atoms with Crippen molar-refractivity contribution >= 4 is 5.97 Å². The second kappa shape index (κ2) is 9.55. The zero-order valence-electron chi connectivity index (χ0n) is 20.1. The number of rotatable bonds is 10. The molecule has 4 heteroatoms. The Morgan fingerprint density at radius 2 is 1.74 bits per heavy atom. The van der Waals surface area contributed by atoms with E-state index in [1.165, 1.54) is 36.0 Å². The van der Waals surface area contributed by atoms with Crippen LogP contribution in [0.3, 0.4) is 0 Å².